The van der Waals surface area contributed by atoms with E-state index in [0.717, 1.165) is 12.1 Å². The molecule has 1 heterocycles. The lowest BCUT2D eigenvalue weighted by Gasteiger charge is -2.24. The topological polar surface area (TPSA) is 142 Å². The highest BCUT2D eigenvalue weighted by Crippen LogP contribution is 2.27. The molecule has 176 valence electrons. The Morgan fingerprint density at radius 1 is 1.14 bits per heavy atom. The number of benzene rings is 2. The largest absolute Gasteiger partial charge is 0.481 e. The molecule has 1 aromatic heterocycles. The Balaban J connectivity index is 1.70. The SMILES string of the molecule is CCN(C(=O)C(C)Oc1ccc(Oc2ccc(C#N)cc2F)cc1)c1ccc([N+](=O)[O-])c(C#N)n1. The number of aromatic nitrogens is 1. The van der Waals surface area contributed by atoms with Crippen molar-refractivity contribution in [1.82, 2.24) is 4.98 Å². The molecular weight excluding hydrogens is 457 g/mol. The smallest absolute Gasteiger partial charge is 0.305 e. The van der Waals surface area contributed by atoms with Gasteiger partial charge in [0.1, 0.15) is 23.4 Å². The van der Waals surface area contributed by atoms with Gasteiger partial charge in [-0.25, -0.2) is 9.37 Å². The number of amides is 1. The quantitative estimate of drug-likeness (QED) is 0.343. The summed E-state index contributed by atoms with van der Waals surface area (Å²) in [4.78, 5) is 28.4. The molecule has 0 N–H and O–H groups in total. The lowest BCUT2D eigenvalue weighted by molar-refractivity contribution is -0.385. The lowest BCUT2D eigenvalue weighted by atomic mass is 10.2. The highest BCUT2D eigenvalue weighted by atomic mass is 19.1. The highest BCUT2D eigenvalue weighted by molar-refractivity contribution is 5.95. The molecule has 1 atom stereocenters. The van der Waals surface area contributed by atoms with Crippen LogP contribution in [0.2, 0.25) is 0 Å². The second kappa shape index (κ2) is 10.7. The summed E-state index contributed by atoms with van der Waals surface area (Å²) in [5.41, 5.74) is -0.681. The fraction of sp³-hybridized carbons (Fsp3) is 0.167. The third-order valence-electron chi connectivity index (χ3n) is 4.79. The number of hydrogen-bond donors (Lipinski definition) is 0. The predicted octanol–water partition coefficient (Wildman–Crippen LogP) is 4.48. The van der Waals surface area contributed by atoms with E-state index in [2.05, 4.69) is 4.98 Å². The summed E-state index contributed by atoms with van der Waals surface area (Å²) < 4.78 is 25.2. The maximum atomic E-state index is 14.0. The number of anilines is 1. The first kappa shape index (κ1) is 24.6. The van der Waals surface area contributed by atoms with Crippen LogP contribution < -0.4 is 14.4 Å². The van der Waals surface area contributed by atoms with Crippen molar-refractivity contribution in [2.75, 3.05) is 11.4 Å². The minimum absolute atomic E-state index is 0.0489. The molecule has 0 spiro atoms. The van der Waals surface area contributed by atoms with Gasteiger partial charge < -0.3 is 9.47 Å². The van der Waals surface area contributed by atoms with E-state index >= 15 is 0 Å². The van der Waals surface area contributed by atoms with E-state index in [4.69, 9.17) is 20.0 Å². The molecule has 0 aliphatic carbocycles. The molecular formula is C24H18FN5O5. The van der Waals surface area contributed by atoms with Crippen molar-refractivity contribution in [2.24, 2.45) is 0 Å². The zero-order chi connectivity index (χ0) is 25.5. The second-order valence-corrected chi connectivity index (χ2v) is 7.08. The third kappa shape index (κ3) is 5.67. The molecule has 35 heavy (non-hydrogen) atoms. The van der Waals surface area contributed by atoms with Crippen molar-refractivity contribution < 1.29 is 23.6 Å². The Labute approximate surface area is 199 Å². The summed E-state index contributed by atoms with van der Waals surface area (Å²) in [6, 6.07) is 15.9. The molecule has 11 heteroatoms. The monoisotopic (exact) mass is 475 g/mol. The number of rotatable bonds is 8. The van der Waals surface area contributed by atoms with Crippen LogP contribution in [0.1, 0.15) is 25.1 Å². The Morgan fingerprint density at radius 3 is 2.40 bits per heavy atom. The maximum absolute atomic E-state index is 14.0. The number of carbonyl (C=O) groups excluding carboxylic acids is 1. The molecule has 3 aromatic rings. The van der Waals surface area contributed by atoms with Crippen LogP contribution in [0.4, 0.5) is 15.9 Å². The molecule has 1 unspecified atom stereocenters. The standard InChI is InChI=1S/C24H18FN5O5/c1-3-29(23-11-9-21(30(32)33)20(14-27)28-23)24(31)15(2)34-17-5-7-18(8-6-17)35-22-10-4-16(13-26)12-19(22)25/h4-12,15H,3H2,1-2H3. The number of nitriles is 2. The molecule has 0 saturated heterocycles. The molecule has 0 saturated carbocycles. The summed E-state index contributed by atoms with van der Waals surface area (Å²) in [6.07, 6.45) is -0.958. The molecule has 1 amide bonds. The second-order valence-electron chi connectivity index (χ2n) is 7.08. The lowest BCUT2D eigenvalue weighted by Crippen LogP contribution is -2.41. The van der Waals surface area contributed by atoms with E-state index in [-0.39, 0.29) is 23.7 Å². The fourth-order valence-corrected chi connectivity index (χ4v) is 3.09. The van der Waals surface area contributed by atoms with E-state index in [9.17, 15) is 19.3 Å². The number of pyridine rings is 1. The highest BCUT2D eigenvalue weighted by Gasteiger charge is 2.25. The first-order valence-corrected chi connectivity index (χ1v) is 10.3. The van der Waals surface area contributed by atoms with Gasteiger partial charge in [-0.05, 0) is 62.4 Å². The fourth-order valence-electron chi connectivity index (χ4n) is 3.09. The van der Waals surface area contributed by atoms with Crippen molar-refractivity contribution >= 4 is 17.4 Å². The molecule has 0 bridgehead atoms. The van der Waals surface area contributed by atoms with Gasteiger partial charge in [-0.15, -0.1) is 0 Å². The van der Waals surface area contributed by atoms with Crippen molar-refractivity contribution in [3.63, 3.8) is 0 Å². The normalized spacial score (nSPS) is 11.0. The van der Waals surface area contributed by atoms with Crippen LogP contribution in [0.5, 0.6) is 17.2 Å². The summed E-state index contributed by atoms with van der Waals surface area (Å²) in [5, 5.41) is 29.0. The van der Waals surface area contributed by atoms with Gasteiger partial charge in [0.25, 0.3) is 5.91 Å². The third-order valence-corrected chi connectivity index (χ3v) is 4.79. The van der Waals surface area contributed by atoms with Crippen molar-refractivity contribution in [2.45, 2.75) is 20.0 Å². The Morgan fingerprint density at radius 2 is 1.83 bits per heavy atom. The van der Waals surface area contributed by atoms with Gasteiger partial charge in [0.2, 0.25) is 5.69 Å². The molecule has 0 radical (unpaired) electrons. The van der Waals surface area contributed by atoms with Gasteiger partial charge in [0, 0.05) is 12.6 Å². The zero-order valence-electron chi connectivity index (χ0n) is 18.6. The first-order chi connectivity index (χ1) is 16.8. The van der Waals surface area contributed by atoms with E-state index in [1.807, 2.05) is 6.07 Å². The molecule has 2 aromatic carbocycles. The van der Waals surface area contributed by atoms with Crippen LogP contribution in [-0.4, -0.2) is 28.5 Å². The number of likely N-dealkylation sites (N-methyl/N-ethyl adjacent to an activating group) is 1. The average Bonchev–Trinajstić information content (AvgIpc) is 2.86. The van der Waals surface area contributed by atoms with Crippen LogP contribution in [-0.2, 0) is 4.79 Å². The van der Waals surface area contributed by atoms with E-state index < -0.39 is 34.1 Å². The van der Waals surface area contributed by atoms with Gasteiger partial charge in [-0.3, -0.25) is 19.8 Å². The van der Waals surface area contributed by atoms with Crippen LogP contribution in [0, 0.1) is 38.6 Å². The van der Waals surface area contributed by atoms with Crippen molar-refractivity contribution in [3.8, 4) is 29.4 Å². The van der Waals surface area contributed by atoms with Crippen LogP contribution in [0.25, 0.3) is 0 Å². The summed E-state index contributed by atoms with van der Waals surface area (Å²) in [7, 11) is 0. The Kier molecular flexibility index (Phi) is 7.54. The summed E-state index contributed by atoms with van der Waals surface area (Å²) in [5.74, 6) is -0.464. The summed E-state index contributed by atoms with van der Waals surface area (Å²) >= 11 is 0. The maximum Gasteiger partial charge on any atom is 0.305 e. The van der Waals surface area contributed by atoms with Gasteiger partial charge in [0.15, 0.2) is 17.7 Å². The minimum Gasteiger partial charge on any atom is -0.481 e. The van der Waals surface area contributed by atoms with Crippen molar-refractivity contribution in [1.29, 1.82) is 10.5 Å². The van der Waals surface area contributed by atoms with E-state index in [1.54, 1.807) is 13.0 Å². The van der Waals surface area contributed by atoms with Gasteiger partial charge in [0.05, 0.1) is 16.6 Å². The number of ether oxygens (including phenoxy) is 2. The van der Waals surface area contributed by atoms with Gasteiger partial charge in [-0.2, -0.15) is 10.5 Å². The number of halogens is 1. The number of hydrogen-bond acceptors (Lipinski definition) is 8. The van der Waals surface area contributed by atoms with Crippen LogP contribution in [0.15, 0.2) is 54.6 Å². The minimum atomic E-state index is -0.958. The Hall–Kier alpha value is -5.03. The van der Waals surface area contributed by atoms with Crippen LogP contribution in [0.3, 0.4) is 0 Å². The molecule has 0 aliphatic rings. The van der Waals surface area contributed by atoms with Crippen LogP contribution >= 0.6 is 0 Å². The summed E-state index contributed by atoms with van der Waals surface area (Å²) in [6.45, 7) is 3.40. The van der Waals surface area contributed by atoms with Crippen molar-refractivity contribution in [3.05, 3.63) is 81.8 Å². The first-order valence-electron chi connectivity index (χ1n) is 10.3. The number of nitro groups is 1. The average molecular weight is 475 g/mol. The molecule has 0 fully saturated rings. The number of nitrogens with zero attached hydrogens (tertiary/aromatic N) is 5. The number of carbonyl (C=O) groups is 1. The zero-order valence-corrected chi connectivity index (χ0v) is 18.6. The Bertz CT molecular complexity index is 1350. The predicted molar refractivity (Wildman–Crippen MR) is 121 cm³/mol. The molecule has 3 rings (SSSR count). The van der Waals surface area contributed by atoms with E-state index in [0.29, 0.717) is 11.5 Å². The van der Waals surface area contributed by atoms with E-state index in [1.165, 1.54) is 54.3 Å². The van der Waals surface area contributed by atoms with Gasteiger partial charge >= 0.3 is 5.69 Å². The molecule has 0 aliphatic heterocycles. The van der Waals surface area contributed by atoms with Gasteiger partial charge in [-0.1, -0.05) is 0 Å². The molecule has 10 nitrogen and oxygen atoms in total.